The summed E-state index contributed by atoms with van der Waals surface area (Å²) >= 11 is 0. The first kappa shape index (κ1) is 12.4. The van der Waals surface area contributed by atoms with Gasteiger partial charge >= 0.3 is 0 Å². The van der Waals surface area contributed by atoms with Gasteiger partial charge in [-0.15, -0.1) is 0 Å². The maximum absolute atomic E-state index is 5.34. The number of aromatic nitrogens is 2. The van der Waals surface area contributed by atoms with Gasteiger partial charge in [-0.05, 0) is 37.4 Å². The molecule has 1 fully saturated rings. The SMILES string of the molecule is Cc1ccccc1Cc1noc(CC2CCCN2)n1. The predicted octanol–water partition coefficient (Wildman–Crippen LogP) is 2.26. The topological polar surface area (TPSA) is 51.0 Å². The Hall–Kier alpha value is -1.68. The number of benzene rings is 1. The first-order valence-electron chi connectivity index (χ1n) is 6.90. The number of nitrogens with one attached hydrogen (secondary N) is 1. The molecule has 100 valence electrons. The third-order valence-electron chi connectivity index (χ3n) is 3.70. The molecule has 19 heavy (non-hydrogen) atoms. The molecule has 1 N–H and O–H groups in total. The van der Waals surface area contributed by atoms with Gasteiger partial charge in [0.25, 0.3) is 0 Å². The Bertz CT molecular complexity index is 544. The van der Waals surface area contributed by atoms with Crippen LogP contribution in [-0.2, 0) is 12.8 Å². The van der Waals surface area contributed by atoms with E-state index in [1.165, 1.54) is 24.0 Å². The Balaban J connectivity index is 1.66. The lowest BCUT2D eigenvalue weighted by molar-refractivity contribution is 0.360. The van der Waals surface area contributed by atoms with E-state index >= 15 is 0 Å². The summed E-state index contributed by atoms with van der Waals surface area (Å²) in [6.07, 6.45) is 4.04. The molecule has 0 aliphatic carbocycles. The van der Waals surface area contributed by atoms with Crippen molar-refractivity contribution in [2.24, 2.45) is 0 Å². The zero-order valence-corrected chi connectivity index (χ0v) is 11.2. The monoisotopic (exact) mass is 257 g/mol. The van der Waals surface area contributed by atoms with Crippen LogP contribution < -0.4 is 5.32 Å². The molecule has 1 aliphatic heterocycles. The second-order valence-corrected chi connectivity index (χ2v) is 5.21. The van der Waals surface area contributed by atoms with Crippen LogP contribution in [0.5, 0.6) is 0 Å². The van der Waals surface area contributed by atoms with Gasteiger partial charge in [-0.3, -0.25) is 0 Å². The van der Waals surface area contributed by atoms with Crippen molar-refractivity contribution < 1.29 is 4.52 Å². The van der Waals surface area contributed by atoms with Crippen LogP contribution in [0.4, 0.5) is 0 Å². The van der Waals surface area contributed by atoms with Crippen molar-refractivity contribution in [1.82, 2.24) is 15.5 Å². The highest BCUT2D eigenvalue weighted by Gasteiger charge is 2.18. The van der Waals surface area contributed by atoms with E-state index < -0.39 is 0 Å². The predicted molar refractivity (Wildman–Crippen MR) is 73.0 cm³/mol. The number of nitrogens with zero attached hydrogens (tertiary/aromatic N) is 2. The second-order valence-electron chi connectivity index (χ2n) is 5.21. The molecule has 0 saturated carbocycles. The van der Waals surface area contributed by atoms with Gasteiger partial charge in [0.1, 0.15) is 0 Å². The Labute approximate surface area is 113 Å². The van der Waals surface area contributed by atoms with Gasteiger partial charge < -0.3 is 9.84 Å². The Morgan fingerprint density at radius 1 is 1.37 bits per heavy atom. The highest BCUT2D eigenvalue weighted by atomic mass is 16.5. The molecule has 4 heteroatoms. The zero-order chi connectivity index (χ0) is 13.1. The van der Waals surface area contributed by atoms with Gasteiger partial charge in [0.05, 0.1) is 0 Å². The molecule has 1 unspecified atom stereocenters. The largest absolute Gasteiger partial charge is 0.339 e. The summed E-state index contributed by atoms with van der Waals surface area (Å²) in [5.41, 5.74) is 2.53. The van der Waals surface area contributed by atoms with Crippen molar-refractivity contribution in [2.75, 3.05) is 6.54 Å². The van der Waals surface area contributed by atoms with Crippen LogP contribution in [0.2, 0.25) is 0 Å². The van der Waals surface area contributed by atoms with Crippen LogP contribution in [0.3, 0.4) is 0 Å². The van der Waals surface area contributed by atoms with Crippen LogP contribution in [0.1, 0.15) is 35.7 Å². The fourth-order valence-electron chi connectivity index (χ4n) is 2.57. The molecule has 4 nitrogen and oxygen atoms in total. The third-order valence-corrected chi connectivity index (χ3v) is 3.70. The average molecular weight is 257 g/mol. The molecule has 1 aliphatic rings. The standard InChI is InChI=1S/C15H19N3O/c1-11-5-2-3-6-12(11)9-14-17-15(19-18-14)10-13-7-4-8-16-13/h2-3,5-6,13,16H,4,7-10H2,1H3. The maximum atomic E-state index is 5.34. The fraction of sp³-hybridized carbons (Fsp3) is 0.467. The number of rotatable bonds is 4. The van der Waals surface area contributed by atoms with Gasteiger partial charge in [0.15, 0.2) is 5.82 Å². The summed E-state index contributed by atoms with van der Waals surface area (Å²) in [5, 5.41) is 7.53. The first-order chi connectivity index (χ1) is 9.31. The Morgan fingerprint density at radius 2 is 2.26 bits per heavy atom. The molecule has 0 bridgehead atoms. The molecular formula is C15H19N3O. The lowest BCUT2D eigenvalue weighted by Gasteiger charge is -2.04. The summed E-state index contributed by atoms with van der Waals surface area (Å²) in [6.45, 7) is 3.22. The smallest absolute Gasteiger partial charge is 0.228 e. The van der Waals surface area contributed by atoms with Crippen LogP contribution in [0, 0.1) is 6.92 Å². The van der Waals surface area contributed by atoms with E-state index in [4.69, 9.17) is 4.52 Å². The Morgan fingerprint density at radius 3 is 3.05 bits per heavy atom. The van der Waals surface area contributed by atoms with Crippen LogP contribution in [-0.4, -0.2) is 22.7 Å². The van der Waals surface area contributed by atoms with Crippen molar-refractivity contribution in [3.63, 3.8) is 0 Å². The van der Waals surface area contributed by atoms with Gasteiger partial charge in [-0.1, -0.05) is 29.4 Å². The molecular weight excluding hydrogens is 238 g/mol. The summed E-state index contributed by atoms with van der Waals surface area (Å²) in [7, 11) is 0. The zero-order valence-electron chi connectivity index (χ0n) is 11.2. The molecule has 3 rings (SSSR count). The van der Waals surface area contributed by atoms with Crippen LogP contribution >= 0.6 is 0 Å². The number of hydrogen-bond donors (Lipinski definition) is 1. The molecule has 2 heterocycles. The summed E-state index contributed by atoms with van der Waals surface area (Å²) < 4.78 is 5.34. The van der Waals surface area contributed by atoms with Crippen molar-refractivity contribution in [3.05, 3.63) is 47.1 Å². The average Bonchev–Trinajstić information content (AvgIpc) is 3.05. The van der Waals surface area contributed by atoms with Crippen molar-refractivity contribution in [2.45, 2.75) is 38.6 Å². The number of hydrogen-bond acceptors (Lipinski definition) is 4. The van der Waals surface area contributed by atoms with Gasteiger partial charge in [0, 0.05) is 18.9 Å². The van der Waals surface area contributed by atoms with E-state index in [0.717, 1.165) is 31.1 Å². The second kappa shape index (κ2) is 5.53. The van der Waals surface area contributed by atoms with Crippen molar-refractivity contribution >= 4 is 0 Å². The van der Waals surface area contributed by atoms with Crippen LogP contribution in [0.25, 0.3) is 0 Å². The van der Waals surface area contributed by atoms with Crippen LogP contribution in [0.15, 0.2) is 28.8 Å². The minimum Gasteiger partial charge on any atom is -0.339 e. The first-order valence-corrected chi connectivity index (χ1v) is 6.90. The fourth-order valence-corrected chi connectivity index (χ4v) is 2.57. The molecule has 0 amide bonds. The molecule has 0 spiro atoms. The van der Waals surface area contributed by atoms with Gasteiger partial charge in [-0.2, -0.15) is 4.98 Å². The molecule has 1 aromatic heterocycles. The van der Waals surface area contributed by atoms with E-state index in [0.29, 0.717) is 6.04 Å². The van der Waals surface area contributed by atoms with E-state index in [1.807, 2.05) is 12.1 Å². The molecule has 1 atom stereocenters. The van der Waals surface area contributed by atoms with E-state index in [-0.39, 0.29) is 0 Å². The highest BCUT2D eigenvalue weighted by Crippen LogP contribution is 2.14. The summed E-state index contributed by atoms with van der Waals surface area (Å²) in [4.78, 5) is 4.49. The maximum Gasteiger partial charge on any atom is 0.228 e. The minimum absolute atomic E-state index is 0.506. The highest BCUT2D eigenvalue weighted by molar-refractivity contribution is 5.27. The molecule has 1 aromatic carbocycles. The van der Waals surface area contributed by atoms with Gasteiger partial charge in [-0.25, -0.2) is 0 Å². The lowest BCUT2D eigenvalue weighted by atomic mass is 10.1. The van der Waals surface area contributed by atoms with E-state index in [1.54, 1.807) is 0 Å². The molecule has 0 radical (unpaired) electrons. The normalized spacial score (nSPS) is 18.9. The lowest BCUT2D eigenvalue weighted by Crippen LogP contribution is -2.23. The van der Waals surface area contributed by atoms with Gasteiger partial charge in [0.2, 0.25) is 5.89 Å². The number of aryl methyl sites for hydroxylation is 1. The van der Waals surface area contributed by atoms with E-state index in [9.17, 15) is 0 Å². The van der Waals surface area contributed by atoms with E-state index in [2.05, 4.69) is 34.5 Å². The summed E-state index contributed by atoms with van der Waals surface area (Å²) in [6, 6.07) is 8.83. The third kappa shape index (κ3) is 3.01. The van der Waals surface area contributed by atoms with Crippen molar-refractivity contribution in [1.29, 1.82) is 0 Å². The quantitative estimate of drug-likeness (QED) is 0.912. The minimum atomic E-state index is 0.506. The Kier molecular flexibility index (Phi) is 3.60. The molecule has 1 saturated heterocycles. The summed E-state index contributed by atoms with van der Waals surface area (Å²) in [5.74, 6) is 1.53. The van der Waals surface area contributed by atoms with Crippen molar-refractivity contribution in [3.8, 4) is 0 Å². The molecule has 2 aromatic rings.